The van der Waals surface area contributed by atoms with Gasteiger partial charge in [-0.2, -0.15) is 0 Å². The quantitative estimate of drug-likeness (QED) is 0.843. The highest BCUT2D eigenvalue weighted by Gasteiger charge is 2.41. The van der Waals surface area contributed by atoms with Crippen LogP contribution < -0.4 is 5.32 Å². The second-order valence-electron chi connectivity index (χ2n) is 5.98. The topological polar surface area (TPSA) is 42.2 Å². The summed E-state index contributed by atoms with van der Waals surface area (Å²) in [7, 11) is 0. The van der Waals surface area contributed by atoms with Gasteiger partial charge in [0, 0.05) is 12.1 Å². The third kappa shape index (κ3) is 2.75. The van der Waals surface area contributed by atoms with Crippen LogP contribution in [-0.4, -0.2) is 11.9 Å². The van der Waals surface area contributed by atoms with Crippen LogP contribution in [0.3, 0.4) is 0 Å². The van der Waals surface area contributed by atoms with Crippen LogP contribution in [0.25, 0.3) is 6.08 Å². The van der Waals surface area contributed by atoms with Gasteiger partial charge in [0.2, 0.25) is 5.91 Å². The van der Waals surface area contributed by atoms with Crippen LogP contribution in [0.5, 0.6) is 0 Å². The van der Waals surface area contributed by atoms with E-state index in [1.807, 2.05) is 12.1 Å². The van der Waals surface area contributed by atoms with E-state index in [9.17, 15) is 4.79 Å². The van der Waals surface area contributed by atoms with Crippen LogP contribution in [-0.2, 0) is 4.79 Å². The maximum Gasteiger partial charge on any atom is 0.244 e. The van der Waals surface area contributed by atoms with Gasteiger partial charge in [-0.15, -0.1) is 0 Å². The zero-order chi connectivity index (χ0) is 13.2. The maximum atomic E-state index is 11.9. The lowest BCUT2D eigenvalue weighted by Crippen LogP contribution is -2.39. The Balaban J connectivity index is 1.52. The molecule has 0 spiro atoms. The second-order valence-corrected chi connectivity index (χ2v) is 5.98. The number of hydrogen-bond acceptors (Lipinski definition) is 2. The normalized spacial score (nSPS) is 30.9. The summed E-state index contributed by atoms with van der Waals surface area (Å²) in [5.41, 5.74) is 0. The Morgan fingerprint density at radius 1 is 1.47 bits per heavy atom. The van der Waals surface area contributed by atoms with Gasteiger partial charge in [-0.05, 0) is 62.1 Å². The summed E-state index contributed by atoms with van der Waals surface area (Å²) in [6.07, 6.45) is 10.3. The van der Waals surface area contributed by atoms with Crippen LogP contribution in [0, 0.1) is 17.8 Å². The highest BCUT2D eigenvalue weighted by Crippen LogP contribution is 2.49. The first-order valence-electron chi connectivity index (χ1n) is 7.24. The van der Waals surface area contributed by atoms with Crippen molar-refractivity contribution in [3.8, 4) is 0 Å². The third-order valence-electron chi connectivity index (χ3n) is 4.75. The molecule has 0 aliphatic heterocycles. The zero-order valence-electron chi connectivity index (χ0n) is 11.3. The lowest BCUT2D eigenvalue weighted by atomic mass is 9.84. The van der Waals surface area contributed by atoms with Crippen molar-refractivity contribution in [2.24, 2.45) is 17.8 Å². The van der Waals surface area contributed by atoms with Gasteiger partial charge in [0.25, 0.3) is 0 Å². The van der Waals surface area contributed by atoms with Gasteiger partial charge in [-0.1, -0.05) is 6.42 Å². The smallest absolute Gasteiger partial charge is 0.244 e. The molecule has 0 radical (unpaired) electrons. The Bertz CT molecular complexity index is 463. The first-order valence-corrected chi connectivity index (χ1v) is 7.24. The standard InChI is InChI=1S/C16H21NO2/c1-11(15-10-12-4-5-13(15)9-12)17-16(18)7-6-14-3-2-8-19-14/h2-3,6-8,11-13,15H,4-5,9-10H2,1H3,(H,17,18). The summed E-state index contributed by atoms with van der Waals surface area (Å²) >= 11 is 0. The fraction of sp³-hybridized carbons (Fsp3) is 0.562. The van der Waals surface area contributed by atoms with Crippen LogP contribution in [0.15, 0.2) is 28.9 Å². The van der Waals surface area contributed by atoms with Crippen LogP contribution in [0.4, 0.5) is 0 Å². The summed E-state index contributed by atoms with van der Waals surface area (Å²) < 4.78 is 5.16. The van der Waals surface area contributed by atoms with Gasteiger partial charge in [0.15, 0.2) is 0 Å². The lowest BCUT2D eigenvalue weighted by molar-refractivity contribution is -0.117. The van der Waals surface area contributed by atoms with Crippen LogP contribution in [0.2, 0.25) is 0 Å². The number of fused-ring (bicyclic) bond motifs is 2. The SMILES string of the molecule is CC(NC(=O)C=Cc1ccco1)C1CC2CCC1C2. The predicted molar refractivity (Wildman–Crippen MR) is 74.3 cm³/mol. The molecule has 1 heterocycles. The van der Waals surface area contributed by atoms with Crippen molar-refractivity contribution >= 4 is 12.0 Å². The number of rotatable bonds is 4. The highest BCUT2D eigenvalue weighted by atomic mass is 16.3. The van der Waals surface area contributed by atoms with E-state index in [2.05, 4.69) is 12.2 Å². The molecule has 1 aromatic heterocycles. The second kappa shape index (κ2) is 5.24. The maximum absolute atomic E-state index is 11.9. The van der Waals surface area contributed by atoms with Crippen molar-refractivity contribution < 1.29 is 9.21 Å². The van der Waals surface area contributed by atoms with E-state index in [0.717, 1.165) is 11.8 Å². The van der Waals surface area contributed by atoms with Crippen molar-refractivity contribution in [3.05, 3.63) is 30.2 Å². The predicted octanol–water partition coefficient (Wildman–Crippen LogP) is 3.23. The molecule has 2 bridgehead atoms. The number of amides is 1. The summed E-state index contributed by atoms with van der Waals surface area (Å²) in [5.74, 6) is 3.14. The molecule has 1 amide bonds. The van der Waals surface area contributed by atoms with Gasteiger partial charge >= 0.3 is 0 Å². The Morgan fingerprint density at radius 2 is 2.37 bits per heavy atom. The van der Waals surface area contributed by atoms with E-state index in [1.165, 1.54) is 25.7 Å². The van der Waals surface area contributed by atoms with Gasteiger partial charge in [0.1, 0.15) is 5.76 Å². The van der Waals surface area contributed by atoms with E-state index < -0.39 is 0 Å². The number of carbonyl (C=O) groups is 1. The zero-order valence-corrected chi connectivity index (χ0v) is 11.3. The largest absolute Gasteiger partial charge is 0.465 e. The Labute approximate surface area is 114 Å². The molecule has 2 aliphatic rings. The molecule has 1 aromatic rings. The molecule has 3 rings (SSSR count). The monoisotopic (exact) mass is 259 g/mol. The average Bonchev–Trinajstić information content (AvgIpc) is 3.13. The minimum Gasteiger partial charge on any atom is -0.465 e. The molecule has 102 valence electrons. The number of furan rings is 1. The first-order chi connectivity index (χ1) is 9.22. The Hall–Kier alpha value is -1.51. The summed E-state index contributed by atoms with van der Waals surface area (Å²) in [4.78, 5) is 11.9. The van der Waals surface area contributed by atoms with Gasteiger partial charge < -0.3 is 9.73 Å². The van der Waals surface area contributed by atoms with E-state index in [-0.39, 0.29) is 11.9 Å². The van der Waals surface area contributed by atoms with E-state index in [4.69, 9.17) is 4.42 Å². The third-order valence-corrected chi connectivity index (χ3v) is 4.75. The minimum absolute atomic E-state index is 0.0216. The Kier molecular flexibility index (Phi) is 3.45. The molecule has 0 aromatic carbocycles. The lowest BCUT2D eigenvalue weighted by Gasteiger charge is -2.28. The molecule has 4 atom stereocenters. The van der Waals surface area contributed by atoms with Crippen molar-refractivity contribution in [1.82, 2.24) is 5.32 Å². The van der Waals surface area contributed by atoms with Crippen molar-refractivity contribution in [1.29, 1.82) is 0 Å². The van der Waals surface area contributed by atoms with E-state index in [1.54, 1.807) is 18.4 Å². The molecule has 4 unspecified atom stereocenters. The molecule has 3 heteroatoms. The molecule has 2 aliphatic carbocycles. The van der Waals surface area contributed by atoms with E-state index >= 15 is 0 Å². The number of hydrogen-bond donors (Lipinski definition) is 1. The van der Waals surface area contributed by atoms with Crippen LogP contribution in [0.1, 0.15) is 38.4 Å². The summed E-state index contributed by atoms with van der Waals surface area (Å²) in [6, 6.07) is 3.93. The molecular weight excluding hydrogens is 238 g/mol. The molecule has 2 fully saturated rings. The van der Waals surface area contributed by atoms with Crippen molar-refractivity contribution in [2.45, 2.75) is 38.6 Å². The van der Waals surface area contributed by atoms with Crippen molar-refractivity contribution in [3.63, 3.8) is 0 Å². The number of carbonyl (C=O) groups excluding carboxylic acids is 1. The van der Waals surface area contributed by atoms with Gasteiger partial charge in [-0.25, -0.2) is 0 Å². The molecular formula is C16H21NO2. The molecule has 2 saturated carbocycles. The summed E-state index contributed by atoms with van der Waals surface area (Å²) in [5, 5.41) is 3.10. The fourth-order valence-electron chi connectivity index (χ4n) is 3.83. The molecule has 1 N–H and O–H groups in total. The summed E-state index contributed by atoms with van der Waals surface area (Å²) in [6.45, 7) is 2.14. The van der Waals surface area contributed by atoms with Gasteiger partial charge in [0.05, 0.1) is 6.26 Å². The number of nitrogens with one attached hydrogen (secondary N) is 1. The van der Waals surface area contributed by atoms with Crippen molar-refractivity contribution in [2.75, 3.05) is 0 Å². The molecule has 0 saturated heterocycles. The average molecular weight is 259 g/mol. The first kappa shape index (κ1) is 12.5. The van der Waals surface area contributed by atoms with Crippen LogP contribution >= 0.6 is 0 Å². The minimum atomic E-state index is -0.0216. The highest BCUT2D eigenvalue weighted by molar-refractivity contribution is 5.91. The fourth-order valence-corrected chi connectivity index (χ4v) is 3.83. The molecule has 3 nitrogen and oxygen atoms in total. The Morgan fingerprint density at radius 3 is 3.00 bits per heavy atom. The van der Waals surface area contributed by atoms with E-state index in [0.29, 0.717) is 11.7 Å². The molecule has 19 heavy (non-hydrogen) atoms. The van der Waals surface area contributed by atoms with Gasteiger partial charge in [-0.3, -0.25) is 4.79 Å².